The van der Waals surface area contributed by atoms with Crippen molar-refractivity contribution in [1.29, 1.82) is 5.26 Å². The Kier molecular flexibility index (Phi) is 8.19. The SMILES string of the molecule is C[Si](C)(C)CCOCn1c(CO)cc2c(C#N)cn(-c3cc(-c4ccc(F)cc4C(=O)N4CC(F)C4)cc(C4CC4)n3)c(=O)c21. The minimum atomic E-state index is -1.36. The van der Waals surface area contributed by atoms with Gasteiger partial charge in [-0.25, -0.2) is 13.8 Å². The Bertz CT molecular complexity index is 1900. The van der Waals surface area contributed by atoms with Crippen LogP contribution in [0.2, 0.25) is 25.7 Å². The van der Waals surface area contributed by atoms with E-state index in [1.54, 1.807) is 16.7 Å². The van der Waals surface area contributed by atoms with Crippen LogP contribution in [0.15, 0.2) is 47.4 Å². The lowest BCUT2D eigenvalue weighted by molar-refractivity contribution is 0.0400. The molecule has 9 nitrogen and oxygen atoms in total. The molecule has 2 aliphatic rings. The molecule has 1 aliphatic heterocycles. The van der Waals surface area contributed by atoms with Gasteiger partial charge in [0.1, 0.15) is 36.1 Å². The van der Waals surface area contributed by atoms with E-state index < -0.39 is 31.5 Å². The molecule has 0 atom stereocenters. The fraction of sp³-hybridized carbons (Fsp3) is 0.394. The molecule has 1 amide bonds. The molecule has 0 bridgehead atoms. The topological polar surface area (TPSA) is 113 Å². The number of halogens is 2. The Morgan fingerprint density at radius 1 is 1.18 bits per heavy atom. The molecule has 1 saturated heterocycles. The van der Waals surface area contributed by atoms with E-state index in [1.165, 1.54) is 27.8 Å². The van der Waals surface area contributed by atoms with Crippen LogP contribution in [0.3, 0.4) is 0 Å². The number of likely N-dealkylation sites (tertiary alicyclic amines) is 1. The van der Waals surface area contributed by atoms with Crippen molar-refractivity contribution >= 4 is 24.9 Å². The van der Waals surface area contributed by atoms with E-state index in [0.717, 1.165) is 25.0 Å². The van der Waals surface area contributed by atoms with Crippen molar-refractivity contribution in [2.45, 2.75) is 64.0 Å². The van der Waals surface area contributed by atoms with Gasteiger partial charge in [-0.3, -0.25) is 14.2 Å². The van der Waals surface area contributed by atoms with E-state index in [9.17, 15) is 28.7 Å². The lowest BCUT2D eigenvalue weighted by Gasteiger charge is -2.34. The number of hydrogen-bond donors (Lipinski definition) is 1. The highest BCUT2D eigenvalue weighted by molar-refractivity contribution is 6.76. The lowest BCUT2D eigenvalue weighted by Crippen LogP contribution is -2.51. The summed E-state index contributed by atoms with van der Waals surface area (Å²) in [5.74, 6) is -0.667. The molecule has 1 aromatic carbocycles. The van der Waals surface area contributed by atoms with Gasteiger partial charge in [0, 0.05) is 43.6 Å². The third kappa shape index (κ3) is 6.20. The summed E-state index contributed by atoms with van der Waals surface area (Å²) < 4.78 is 36.9. The van der Waals surface area contributed by atoms with Gasteiger partial charge in [0.2, 0.25) is 0 Å². The summed E-state index contributed by atoms with van der Waals surface area (Å²) >= 11 is 0. The van der Waals surface area contributed by atoms with E-state index >= 15 is 0 Å². The first-order valence-corrected chi connectivity index (χ1v) is 18.8. The molecule has 4 aromatic rings. The molecule has 1 saturated carbocycles. The van der Waals surface area contributed by atoms with Crippen molar-refractivity contribution in [2.24, 2.45) is 0 Å². The maximum Gasteiger partial charge on any atom is 0.280 e. The smallest absolute Gasteiger partial charge is 0.280 e. The van der Waals surface area contributed by atoms with E-state index in [2.05, 4.69) is 25.7 Å². The van der Waals surface area contributed by atoms with Gasteiger partial charge in [-0.15, -0.1) is 0 Å². The molecule has 0 unspecified atom stereocenters. The molecule has 234 valence electrons. The Morgan fingerprint density at radius 3 is 2.58 bits per heavy atom. The molecule has 4 heterocycles. The standard InChI is InChI=1S/C33H35F2N5O4Si/c1-45(2,3)9-8-44-19-40-25(18-41)13-27-22(14-36)15-39(33(43)31(27)40)30-11-21(10-29(37-30)20-4-5-20)26-7-6-23(34)12-28(26)32(42)38-16-24(35)17-38/h6-7,10-13,15,20,24,41H,4-5,8-9,16-19H2,1-3H3. The highest BCUT2D eigenvalue weighted by Crippen LogP contribution is 2.41. The maximum atomic E-state index is 14.4. The van der Waals surface area contributed by atoms with E-state index in [0.29, 0.717) is 34.5 Å². The second-order valence-electron chi connectivity index (χ2n) is 13.1. The first kappa shape index (κ1) is 30.8. The average molecular weight is 632 g/mol. The number of benzene rings is 1. The number of carbonyl (C=O) groups is 1. The number of aliphatic hydroxyl groups excluding tert-OH is 1. The minimum absolute atomic E-state index is 0.0338. The van der Waals surface area contributed by atoms with E-state index in [1.807, 2.05) is 6.07 Å². The Balaban J connectivity index is 1.48. The number of nitriles is 1. The Hall–Kier alpha value is -4.18. The van der Waals surface area contributed by atoms with Crippen LogP contribution in [0.5, 0.6) is 0 Å². The zero-order chi connectivity index (χ0) is 32.0. The van der Waals surface area contributed by atoms with Gasteiger partial charge in [-0.1, -0.05) is 25.7 Å². The summed E-state index contributed by atoms with van der Waals surface area (Å²) in [5.41, 5.74) is 2.22. The van der Waals surface area contributed by atoms with E-state index in [-0.39, 0.29) is 54.8 Å². The van der Waals surface area contributed by atoms with Gasteiger partial charge >= 0.3 is 0 Å². The normalized spacial score (nSPS) is 15.4. The fourth-order valence-electron chi connectivity index (χ4n) is 5.59. The maximum absolute atomic E-state index is 14.4. The third-order valence-electron chi connectivity index (χ3n) is 8.37. The molecular weight excluding hydrogens is 596 g/mol. The van der Waals surface area contributed by atoms with Crippen LogP contribution >= 0.6 is 0 Å². The van der Waals surface area contributed by atoms with Crippen LogP contribution in [-0.2, 0) is 18.1 Å². The van der Waals surface area contributed by atoms with Crippen molar-refractivity contribution in [3.8, 4) is 23.0 Å². The highest BCUT2D eigenvalue weighted by atomic mass is 28.3. The molecule has 2 fully saturated rings. The quantitative estimate of drug-likeness (QED) is 0.187. The highest BCUT2D eigenvalue weighted by Gasteiger charge is 2.33. The molecule has 0 radical (unpaired) electrons. The predicted octanol–water partition coefficient (Wildman–Crippen LogP) is 5.34. The molecular formula is C33H35F2N5O4Si. The predicted molar refractivity (Wildman–Crippen MR) is 168 cm³/mol. The fourth-order valence-corrected chi connectivity index (χ4v) is 6.35. The molecule has 6 rings (SSSR count). The van der Waals surface area contributed by atoms with E-state index in [4.69, 9.17) is 9.72 Å². The van der Waals surface area contributed by atoms with Gasteiger partial charge in [-0.05, 0) is 60.3 Å². The number of rotatable bonds is 10. The summed E-state index contributed by atoms with van der Waals surface area (Å²) in [5, 5.41) is 20.6. The van der Waals surface area contributed by atoms with Crippen molar-refractivity contribution in [3.63, 3.8) is 0 Å². The zero-order valence-corrected chi connectivity index (χ0v) is 26.5. The number of fused-ring (bicyclic) bond motifs is 1. The van der Waals surface area contributed by atoms with Gasteiger partial charge in [-0.2, -0.15) is 5.26 Å². The number of amides is 1. The van der Waals surface area contributed by atoms with Crippen molar-refractivity contribution in [1.82, 2.24) is 19.0 Å². The Morgan fingerprint density at radius 2 is 1.93 bits per heavy atom. The number of ether oxygens (including phenoxy) is 1. The Labute approximate surface area is 260 Å². The van der Waals surface area contributed by atoms with Crippen LogP contribution in [0.25, 0.3) is 27.8 Å². The lowest BCUT2D eigenvalue weighted by atomic mass is 9.96. The first-order chi connectivity index (χ1) is 21.5. The number of hydrogen-bond acceptors (Lipinski definition) is 6. The average Bonchev–Trinajstić information content (AvgIpc) is 3.78. The van der Waals surface area contributed by atoms with Crippen LogP contribution in [0.4, 0.5) is 8.78 Å². The van der Waals surface area contributed by atoms with Gasteiger partial charge < -0.3 is 19.3 Å². The molecule has 0 spiro atoms. The number of aromatic nitrogens is 3. The molecule has 1 N–H and O–H groups in total. The van der Waals surface area contributed by atoms with Crippen LogP contribution < -0.4 is 5.56 Å². The second-order valence-corrected chi connectivity index (χ2v) is 18.7. The van der Waals surface area contributed by atoms with Crippen molar-refractivity contribution in [2.75, 3.05) is 19.7 Å². The number of carbonyl (C=O) groups excluding carboxylic acids is 1. The minimum Gasteiger partial charge on any atom is -0.390 e. The van der Waals surface area contributed by atoms with Crippen LogP contribution in [0, 0.1) is 17.1 Å². The second kappa shape index (κ2) is 12.0. The summed E-state index contributed by atoms with van der Waals surface area (Å²) in [6, 6.07) is 12.1. The molecule has 12 heteroatoms. The summed E-state index contributed by atoms with van der Waals surface area (Å²) in [4.78, 5) is 33.6. The van der Waals surface area contributed by atoms with Crippen LogP contribution in [0.1, 0.15) is 46.1 Å². The van der Waals surface area contributed by atoms with Gasteiger partial charge in [0.15, 0.2) is 0 Å². The number of pyridine rings is 2. The van der Waals surface area contributed by atoms with Gasteiger partial charge in [0.25, 0.3) is 11.5 Å². The molecule has 1 aliphatic carbocycles. The molecule has 45 heavy (non-hydrogen) atoms. The zero-order valence-electron chi connectivity index (χ0n) is 25.5. The van der Waals surface area contributed by atoms with Crippen molar-refractivity contribution < 1.29 is 23.4 Å². The van der Waals surface area contributed by atoms with Crippen molar-refractivity contribution in [3.05, 3.63) is 81.3 Å². The summed E-state index contributed by atoms with van der Waals surface area (Å²) in [7, 11) is -1.36. The van der Waals surface area contributed by atoms with Gasteiger partial charge in [0.05, 0.1) is 30.8 Å². The number of alkyl halides is 1. The molecule has 3 aromatic heterocycles. The summed E-state index contributed by atoms with van der Waals surface area (Å²) in [6.45, 7) is 6.81. The summed E-state index contributed by atoms with van der Waals surface area (Å²) in [6.07, 6.45) is 2.15. The number of nitrogens with zero attached hydrogens (tertiary/aromatic N) is 5. The third-order valence-corrected chi connectivity index (χ3v) is 10.1. The first-order valence-electron chi connectivity index (χ1n) is 15.1. The largest absolute Gasteiger partial charge is 0.390 e. The number of aliphatic hydroxyl groups is 1. The monoisotopic (exact) mass is 631 g/mol. The van der Waals surface area contributed by atoms with Crippen LogP contribution in [-0.4, -0.2) is 64.0 Å².